The van der Waals surface area contributed by atoms with Crippen LogP contribution in [-0.4, -0.2) is 22.6 Å². The molecule has 0 unspecified atom stereocenters. The van der Waals surface area contributed by atoms with E-state index in [9.17, 15) is 4.79 Å². The highest BCUT2D eigenvalue weighted by atomic mass is 16.2. The summed E-state index contributed by atoms with van der Waals surface area (Å²) in [5.41, 5.74) is 6.84. The van der Waals surface area contributed by atoms with Crippen LogP contribution in [0.5, 0.6) is 0 Å². The maximum absolute atomic E-state index is 12.5. The average molecular weight is 258 g/mol. The molecule has 1 aromatic heterocycles. The second kappa shape index (κ2) is 6.04. The van der Waals surface area contributed by atoms with Crippen LogP contribution < -0.4 is 10.6 Å². The molecule has 0 aliphatic rings. The summed E-state index contributed by atoms with van der Waals surface area (Å²) in [4.78, 5) is 14.2. The van der Waals surface area contributed by atoms with Crippen molar-refractivity contribution in [1.82, 2.24) is 10.2 Å². The Hall–Kier alpha value is -2.30. The summed E-state index contributed by atoms with van der Waals surface area (Å²) >= 11 is 0. The van der Waals surface area contributed by atoms with Gasteiger partial charge in [0.2, 0.25) is 0 Å². The van der Waals surface area contributed by atoms with E-state index in [0.717, 1.165) is 18.5 Å². The Bertz CT molecular complexity index is 535. The summed E-state index contributed by atoms with van der Waals surface area (Å²) in [6.07, 6.45) is 1.98. The van der Waals surface area contributed by atoms with Crippen LogP contribution in [0.2, 0.25) is 0 Å². The minimum Gasteiger partial charge on any atom is -0.382 e. The fraction of sp³-hybridized carbons (Fsp3) is 0.286. The highest BCUT2D eigenvalue weighted by Gasteiger charge is 2.18. The van der Waals surface area contributed by atoms with E-state index < -0.39 is 0 Å². The number of nitrogens with one attached hydrogen (secondary N) is 1. The third kappa shape index (κ3) is 3.13. The van der Waals surface area contributed by atoms with Gasteiger partial charge in [-0.2, -0.15) is 5.10 Å². The van der Waals surface area contributed by atoms with E-state index in [1.807, 2.05) is 30.3 Å². The zero-order valence-electron chi connectivity index (χ0n) is 11.0. The van der Waals surface area contributed by atoms with Gasteiger partial charge in [-0.15, -0.1) is 0 Å². The van der Waals surface area contributed by atoms with Crippen LogP contribution in [0.3, 0.4) is 0 Å². The Morgan fingerprint density at radius 3 is 2.68 bits per heavy atom. The average Bonchev–Trinajstić information content (AvgIpc) is 2.87. The zero-order valence-corrected chi connectivity index (χ0v) is 11.0. The largest absolute Gasteiger partial charge is 0.382 e. The molecular weight excluding hydrogens is 240 g/mol. The molecule has 0 spiro atoms. The number of anilines is 2. The number of nitrogen functional groups attached to an aromatic ring is 1. The number of hydrogen-bond acceptors (Lipinski definition) is 3. The third-order valence-electron chi connectivity index (χ3n) is 2.88. The van der Waals surface area contributed by atoms with Crippen LogP contribution in [-0.2, 0) is 0 Å². The topological polar surface area (TPSA) is 75.0 Å². The van der Waals surface area contributed by atoms with E-state index in [1.165, 1.54) is 0 Å². The van der Waals surface area contributed by atoms with Crippen LogP contribution in [0.1, 0.15) is 30.3 Å². The molecule has 1 aromatic carbocycles. The van der Waals surface area contributed by atoms with Gasteiger partial charge in [-0.05, 0) is 18.6 Å². The molecule has 0 radical (unpaired) electrons. The van der Waals surface area contributed by atoms with Crippen LogP contribution in [0.25, 0.3) is 0 Å². The minimum atomic E-state index is -0.108. The predicted octanol–water partition coefficient (Wildman–Crippen LogP) is 2.44. The van der Waals surface area contributed by atoms with E-state index in [4.69, 9.17) is 5.73 Å². The Morgan fingerprint density at radius 1 is 1.37 bits per heavy atom. The molecule has 5 nitrogen and oxygen atoms in total. The minimum absolute atomic E-state index is 0.108. The van der Waals surface area contributed by atoms with Crippen molar-refractivity contribution in [3.8, 4) is 0 Å². The summed E-state index contributed by atoms with van der Waals surface area (Å²) in [6, 6.07) is 11.2. The smallest absolute Gasteiger partial charge is 0.276 e. The number of rotatable bonds is 5. The number of H-pyrrole nitrogens is 1. The second-order valence-corrected chi connectivity index (χ2v) is 4.35. The molecule has 0 aliphatic carbocycles. The van der Waals surface area contributed by atoms with Crippen molar-refractivity contribution in [2.24, 2.45) is 0 Å². The van der Waals surface area contributed by atoms with E-state index in [0.29, 0.717) is 18.1 Å². The van der Waals surface area contributed by atoms with Crippen molar-refractivity contribution in [2.75, 3.05) is 17.2 Å². The lowest BCUT2D eigenvalue weighted by Crippen LogP contribution is -2.32. The molecule has 1 amide bonds. The molecule has 2 aromatic rings. The molecule has 0 fully saturated rings. The Balaban J connectivity index is 2.25. The monoisotopic (exact) mass is 258 g/mol. The molecule has 0 saturated heterocycles. The first-order valence-electron chi connectivity index (χ1n) is 6.40. The summed E-state index contributed by atoms with van der Waals surface area (Å²) < 4.78 is 0. The lowest BCUT2D eigenvalue weighted by molar-refractivity contribution is 0.0982. The van der Waals surface area contributed by atoms with Crippen molar-refractivity contribution < 1.29 is 4.79 Å². The predicted molar refractivity (Wildman–Crippen MR) is 76.0 cm³/mol. The van der Waals surface area contributed by atoms with Gasteiger partial charge in [0.15, 0.2) is 0 Å². The SMILES string of the molecule is CCCCN(C(=O)c1cc(N)n[nH]1)c1ccccc1. The summed E-state index contributed by atoms with van der Waals surface area (Å²) in [7, 11) is 0. The van der Waals surface area contributed by atoms with Gasteiger partial charge in [0, 0.05) is 18.3 Å². The first kappa shape index (κ1) is 13.1. The Morgan fingerprint density at radius 2 is 2.11 bits per heavy atom. The number of benzene rings is 1. The number of carbonyl (C=O) groups excluding carboxylic acids is 1. The van der Waals surface area contributed by atoms with Gasteiger partial charge in [0.25, 0.3) is 5.91 Å². The highest BCUT2D eigenvalue weighted by Crippen LogP contribution is 2.17. The standard InChI is InChI=1S/C14H18N4O/c1-2-3-9-18(11-7-5-4-6-8-11)14(19)12-10-13(15)17-16-12/h4-8,10H,2-3,9H2,1H3,(H3,15,16,17). The molecule has 0 saturated carbocycles. The van der Waals surface area contributed by atoms with Gasteiger partial charge in [0.05, 0.1) is 0 Å². The highest BCUT2D eigenvalue weighted by molar-refractivity contribution is 6.05. The van der Waals surface area contributed by atoms with Crippen LogP contribution in [0.15, 0.2) is 36.4 Å². The molecule has 0 aliphatic heterocycles. The normalized spacial score (nSPS) is 10.4. The molecule has 3 N–H and O–H groups in total. The fourth-order valence-electron chi connectivity index (χ4n) is 1.86. The quantitative estimate of drug-likeness (QED) is 0.865. The van der Waals surface area contributed by atoms with Gasteiger partial charge < -0.3 is 10.6 Å². The number of nitrogens with two attached hydrogens (primary N) is 1. The molecule has 0 bridgehead atoms. The molecule has 2 rings (SSSR count). The van der Waals surface area contributed by atoms with Gasteiger partial charge in [-0.25, -0.2) is 0 Å². The first-order chi connectivity index (χ1) is 9.22. The Labute approximate surface area is 112 Å². The Kier molecular flexibility index (Phi) is 4.18. The second-order valence-electron chi connectivity index (χ2n) is 4.35. The van der Waals surface area contributed by atoms with Gasteiger partial charge >= 0.3 is 0 Å². The van der Waals surface area contributed by atoms with Crippen molar-refractivity contribution >= 4 is 17.4 Å². The van der Waals surface area contributed by atoms with Gasteiger partial charge in [-0.3, -0.25) is 9.89 Å². The molecule has 5 heteroatoms. The number of nitrogens with zero attached hydrogens (tertiary/aromatic N) is 2. The molecule has 100 valence electrons. The first-order valence-corrected chi connectivity index (χ1v) is 6.40. The summed E-state index contributed by atoms with van der Waals surface area (Å²) in [6.45, 7) is 2.78. The number of aromatic nitrogens is 2. The summed E-state index contributed by atoms with van der Waals surface area (Å²) in [5.74, 6) is 0.218. The van der Waals surface area contributed by atoms with Crippen molar-refractivity contribution in [1.29, 1.82) is 0 Å². The molecular formula is C14H18N4O. The van der Waals surface area contributed by atoms with Crippen molar-refractivity contribution in [2.45, 2.75) is 19.8 Å². The number of hydrogen-bond donors (Lipinski definition) is 2. The van der Waals surface area contributed by atoms with Gasteiger partial charge in [-0.1, -0.05) is 31.5 Å². The number of para-hydroxylation sites is 1. The third-order valence-corrected chi connectivity index (χ3v) is 2.88. The molecule has 19 heavy (non-hydrogen) atoms. The van der Waals surface area contributed by atoms with E-state index in [1.54, 1.807) is 11.0 Å². The van der Waals surface area contributed by atoms with Crippen molar-refractivity contribution in [3.05, 3.63) is 42.1 Å². The van der Waals surface area contributed by atoms with Crippen molar-refractivity contribution in [3.63, 3.8) is 0 Å². The number of amides is 1. The lowest BCUT2D eigenvalue weighted by atomic mass is 10.2. The maximum atomic E-state index is 12.5. The summed E-state index contributed by atoms with van der Waals surface area (Å²) in [5, 5.41) is 6.46. The lowest BCUT2D eigenvalue weighted by Gasteiger charge is -2.21. The van der Waals surface area contributed by atoms with E-state index in [-0.39, 0.29) is 5.91 Å². The molecule has 1 heterocycles. The van der Waals surface area contributed by atoms with Gasteiger partial charge in [0.1, 0.15) is 11.5 Å². The van der Waals surface area contributed by atoms with Crippen LogP contribution in [0.4, 0.5) is 11.5 Å². The number of unbranched alkanes of at least 4 members (excludes halogenated alkanes) is 1. The molecule has 0 atom stereocenters. The fourth-order valence-corrected chi connectivity index (χ4v) is 1.86. The van der Waals surface area contributed by atoms with E-state index >= 15 is 0 Å². The number of carbonyl (C=O) groups is 1. The maximum Gasteiger partial charge on any atom is 0.276 e. The van der Waals surface area contributed by atoms with E-state index in [2.05, 4.69) is 17.1 Å². The van der Waals surface area contributed by atoms with Crippen LogP contribution in [0, 0.1) is 0 Å². The van der Waals surface area contributed by atoms with Crippen LogP contribution >= 0.6 is 0 Å². The zero-order chi connectivity index (χ0) is 13.7. The number of aromatic amines is 1.